The summed E-state index contributed by atoms with van der Waals surface area (Å²) in [6.45, 7) is 0.818. The van der Waals surface area contributed by atoms with Crippen molar-refractivity contribution in [3.8, 4) is 5.75 Å². The molecule has 0 aliphatic carbocycles. The first-order valence-corrected chi connectivity index (χ1v) is 4.27. The highest BCUT2D eigenvalue weighted by molar-refractivity contribution is 5.33. The molecule has 1 heterocycles. The van der Waals surface area contributed by atoms with Crippen molar-refractivity contribution >= 4 is 0 Å². The lowest BCUT2D eigenvalue weighted by Crippen LogP contribution is -1.95. The Balaban J connectivity index is 2.26. The van der Waals surface area contributed by atoms with E-state index in [1.165, 1.54) is 0 Å². The summed E-state index contributed by atoms with van der Waals surface area (Å²) >= 11 is 0. The predicted molar refractivity (Wildman–Crippen MR) is 46.0 cm³/mol. The van der Waals surface area contributed by atoms with E-state index in [1.807, 2.05) is 18.2 Å². The van der Waals surface area contributed by atoms with Gasteiger partial charge in [-0.3, -0.25) is 0 Å². The Labute approximate surface area is 71.8 Å². The summed E-state index contributed by atoms with van der Waals surface area (Å²) in [5.41, 5.74) is 0.926. The molecule has 1 aliphatic heterocycles. The summed E-state index contributed by atoms with van der Waals surface area (Å²) in [5.74, 6) is 0.351. The highest BCUT2D eigenvalue weighted by Crippen LogP contribution is 2.33. The minimum Gasteiger partial charge on any atom is -0.508 e. The summed E-state index contributed by atoms with van der Waals surface area (Å²) in [6, 6.07) is 7.38. The fourth-order valence-electron chi connectivity index (χ4n) is 1.58. The van der Waals surface area contributed by atoms with E-state index in [2.05, 4.69) is 0 Å². The number of rotatable bonds is 1. The molecule has 1 saturated heterocycles. The van der Waals surface area contributed by atoms with E-state index in [9.17, 15) is 5.11 Å². The first-order chi connectivity index (χ1) is 5.88. The molecule has 1 N–H and O–H groups in total. The molecule has 1 atom stereocenters. The van der Waals surface area contributed by atoms with Gasteiger partial charge < -0.3 is 9.84 Å². The monoisotopic (exact) mass is 164 g/mol. The first kappa shape index (κ1) is 7.62. The van der Waals surface area contributed by atoms with Crippen LogP contribution in [0.5, 0.6) is 5.75 Å². The van der Waals surface area contributed by atoms with Crippen LogP contribution in [0.3, 0.4) is 0 Å². The van der Waals surface area contributed by atoms with Crippen LogP contribution in [-0.4, -0.2) is 11.7 Å². The number of aromatic hydroxyl groups is 1. The Kier molecular flexibility index (Phi) is 2.00. The second kappa shape index (κ2) is 3.15. The van der Waals surface area contributed by atoms with Crippen molar-refractivity contribution in [1.82, 2.24) is 0 Å². The normalized spacial score (nSPS) is 22.8. The molecule has 2 heteroatoms. The maximum Gasteiger partial charge on any atom is 0.121 e. The Morgan fingerprint density at radius 1 is 1.33 bits per heavy atom. The lowest BCUT2D eigenvalue weighted by atomic mass is 10.1. The number of para-hydroxylation sites is 1. The third-order valence-electron chi connectivity index (χ3n) is 2.21. The maximum absolute atomic E-state index is 9.49. The zero-order valence-electron chi connectivity index (χ0n) is 6.86. The molecule has 1 aromatic rings. The van der Waals surface area contributed by atoms with Crippen LogP contribution in [0.25, 0.3) is 0 Å². The number of phenols is 1. The fourth-order valence-corrected chi connectivity index (χ4v) is 1.58. The van der Waals surface area contributed by atoms with Crippen molar-refractivity contribution in [1.29, 1.82) is 0 Å². The van der Waals surface area contributed by atoms with Crippen LogP contribution in [0.15, 0.2) is 24.3 Å². The second-order valence-electron chi connectivity index (χ2n) is 3.06. The minimum atomic E-state index is 0.117. The second-order valence-corrected chi connectivity index (χ2v) is 3.06. The standard InChI is InChI=1S/C10H12O2/c11-9-5-2-1-4-8(9)10-6-3-7-12-10/h1-2,4-5,10-11H,3,6-7H2/t10-/m0/s1. The van der Waals surface area contributed by atoms with E-state index in [4.69, 9.17) is 4.74 Å². The van der Waals surface area contributed by atoms with Gasteiger partial charge in [-0.1, -0.05) is 18.2 Å². The molecule has 0 saturated carbocycles. The largest absolute Gasteiger partial charge is 0.508 e. The lowest BCUT2D eigenvalue weighted by molar-refractivity contribution is 0.110. The van der Waals surface area contributed by atoms with E-state index < -0.39 is 0 Å². The molecule has 12 heavy (non-hydrogen) atoms. The van der Waals surface area contributed by atoms with E-state index in [-0.39, 0.29) is 6.10 Å². The molecule has 0 aromatic heterocycles. The van der Waals surface area contributed by atoms with Gasteiger partial charge in [0.2, 0.25) is 0 Å². The molecule has 1 fully saturated rings. The lowest BCUT2D eigenvalue weighted by Gasteiger charge is -2.10. The minimum absolute atomic E-state index is 0.117. The van der Waals surface area contributed by atoms with Gasteiger partial charge in [0.1, 0.15) is 5.75 Å². The molecule has 0 radical (unpaired) electrons. The van der Waals surface area contributed by atoms with Crippen LogP contribution in [0, 0.1) is 0 Å². The van der Waals surface area contributed by atoms with Crippen LogP contribution in [0.4, 0.5) is 0 Å². The van der Waals surface area contributed by atoms with Gasteiger partial charge in [0, 0.05) is 12.2 Å². The molecular weight excluding hydrogens is 152 g/mol. The number of ether oxygens (including phenoxy) is 1. The maximum atomic E-state index is 9.49. The number of phenolic OH excluding ortho intramolecular Hbond substituents is 1. The molecule has 2 nitrogen and oxygen atoms in total. The van der Waals surface area contributed by atoms with Crippen LogP contribution in [0.1, 0.15) is 24.5 Å². The fraction of sp³-hybridized carbons (Fsp3) is 0.400. The average Bonchev–Trinajstić information content (AvgIpc) is 2.57. The molecule has 1 aromatic carbocycles. The van der Waals surface area contributed by atoms with Crippen molar-refractivity contribution in [2.45, 2.75) is 18.9 Å². The topological polar surface area (TPSA) is 29.5 Å². The zero-order valence-corrected chi connectivity index (χ0v) is 6.86. The van der Waals surface area contributed by atoms with Crippen molar-refractivity contribution in [2.75, 3.05) is 6.61 Å². The highest BCUT2D eigenvalue weighted by Gasteiger charge is 2.19. The van der Waals surface area contributed by atoms with Crippen molar-refractivity contribution in [2.24, 2.45) is 0 Å². The molecule has 64 valence electrons. The zero-order chi connectivity index (χ0) is 8.39. The van der Waals surface area contributed by atoms with Crippen molar-refractivity contribution < 1.29 is 9.84 Å². The van der Waals surface area contributed by atoms with Crippen LogP contribution >= 0.6 is 0 Å². The van der Waals surface area contributed by atoms with Gasteiger partial charge in [-0.05, 0) is 18.9 Å². The predicted octanol–water partition coefficient (Wildman–Crippen LogP) is 2.24. The molecule has 2 rings (SSSR count). The van der Waals surface area contributed by atoms with Crippen molar-refractivity contribution in [3.05, 3.63) is 29.8 Å². The Bertz CT molecular complexity index is 264. The third kappa shape index (κ3) is 1.30. The quantitative estimate of drug-likeness (QED) is 0.689. The van der Waals surface area contributed by atoms with E-state index in [1.54, 1.807) is 6.07 Å². The van der Waals surface area contributed by atoms with Gasteiger partial charge in [-0.15, -0.1) is 0 Å². The van der Waals surface area contributed by atoms with Gasteiger partial charge in [0.25, 0.3) is 0 Å². The van der Waals surface area contributed by atoms with Gasteiger partial charge in [0.15, 0.2) is 0 Å². The molecule has 0 amide bonds. The molecule has 0 bridgehead atoms. The summed E-state index contributed by atoms with van der Waals surface area (Å²) in [5, 5.41) is 9.49. The summed E-state index contributed by atoms with van der Waals surface area (Å²) in [4.78, 5) is 0. The van der Waals surface area contributed by atoms with Crippen LogP contribution in [-0.2, 0) is 4.74 Å². The Hall–Kier alpha value is -1.02. The number of hydrogen-bond acceptors (Lipinski definition) is 2. The van der Waals surface area contributed by atoms with Gasteiger partial charge in [0.05, 0.1) is 6.10 Å². The van der Waals surface area contributed by atoms with Crippen LogP contribution < -0.4 is 0 Å². The SMILES string of the molecule is Oc1ccccc1[C@@H]1CCCO1. The third-order valence-corrected chi connectivity index (χ3v) is 2.21. The Morgan fingerprint density at radius 2 is 2.17 bits per heavy atom. The molecule has 0 spiro atoms. The molecule has 0 unspecified atom stereocenters. The van der Waals surface area contributed by atoms with E-state index in [0.29, 0.717) is 5.75 Å². The Morgan fingerprint density at radius 3 is 2.83 bits per heavy atom. The smallest absolute Gasteiger partial charge is 0.121 e. The molecule has 1 aliphatic rings. The van der Waals surface area contributed by atoms with E-state index >= 15 is 0 Å². The van der Waals surface area contributed by atoms with Gasteiger partial charge >= 0.3 is 0 Å². The van der Waals surface area contributed by atoms with Gasteiger partial charge in [-0.25, -0.2) is 0 Å². The number of benzene rings is 1. The van der Waals surface area contributed by atoms with Gasteiger partial charge in [-0.2, -0.15) is 0 Å². The van der Waals surface area contributed by atoms with E-state index in [0.717, 1.165) is 25.0 Å². The molecular formula is C10H12O2. The van der Waals surface area contributed by atoms with Crippen LogP contribution in [0.2, 0.25) is 0 Å². The summed E-state index contributed by atoms with van der Waals surface area (Å²) in [6.07, 6.45) is 2.24. The summed E-state index contributed by atoms with van der Waals surface area (Å²) < 4.78 is 5.46. The number of hydrogen-bond donors (Lipinski definition) is 1. The first-order valence-electron chi connectivity index (χ1n) is 4.27. The average molecular weight is 164 g/mol. The highest BCUT2D eigenvalue weighted by atomic mass is 16.5. The summed E-state index contributed by atoms with van der Waals surface area (Å²) in [7, 11) is 0. The van der Waals surface area contributed by atoms with Crippen molar-refractivity contribution in [3.63, 3.8) is 0 Å².